The molecule has 1 aliphatic heterocycles. The van der Waals surface area contributed by atoms with Gasteiger partial charge in [-0.25, -0.2) is 9.18 Å². The van der Waals surface area contributed by atoms with E-state index in [0.29, 0.717) is 48.4 Å². The molecule has 1 aliphatic rings. The highest BCUT2D eigenvalue weighted by Gasteiger charge is 2.34. The van der Waals surface area contributed by atoms with Crippen LogP contribution >= 0.6 is 0 Å². The number of pyridine rings is 1. The average Bonchev–Trinajstić information content (AvgIpc) is 2.77. The molecule has 0 bridgehead atoms. The van der Waals surface area contributed by atoms with Crippen LogP contribution in [0.4, 0.5) is 19.3 Å². The van der Waals surface area contributed by atoms with E-state index in [0.717, 1.165) is 0 Å². The number of rotatable bonds is 8. The van der Waals surface area contributed by atoms with Gasteiger partial charge in [-0.05, 0) is 56.9 Å². The number of carbonyl (C=O) groups excluding carboxylic acids is 1. The molecule has 1 aromatic carbocycles. The van der Waals surface area contributed by atoms with Gasteiger partial charge in [0.25, 0.3) is 0 Å². The SMILES string of the molecule is COc1ccc(-c2cc(CO)c(N3C[C@H](CF)C[C@H](CC(C)(C)OC(N)=O)C3)cn2)cc1F. The number of anilines is 1. The molecule has 33 heavy (non-hydrogen) atoms. The number of halogens is 2. The highest BCUT2D eigenvalue weighted by atomic mass is 19.1. The van der Waals surface area contributed by atoms with E-state index in [9.17, 15) is 18.7 Å². The summed E-state index contributed by atoms with van der Waals surface area (Å²) in [6.07, 6.45) is 1.97. The van der Waals surface area contributed by atoms with E-state index >= 15 is 0 Å². The van der Waals surface area contributed by atoms with Crippen LogP contribution in [-0.2, 0) is 11.3 Å². The summed E-state index contributed by atoms with van der Waals surface area (Å²) in [7, 11) is 1.40. The Labute approximate surface area is 192 Å². The number of aromatic nitrogens is 1. The molecular weight excluding hydrogens is 432 g/mol. The number of nitrogens with two attached hydrogens (primary N) is 1. The number of hydrogen-bond acceptors (Lipinski definition) is 6. The number of aliphatic hydroxyl groups excluding tert-OH is 1. The zero-order valence-electron chi connectivity index (χ0n) is 19.2. The molecule has 2 aromatic rings. The Morgan fingerprint density at radius 3 is 2.64 bits per heavy atom. The van der Waals surface area contributed by atoms with E-state index < -0.39 is 24.2 Å². The molecule has 3 N–H and O–H groups in total. The first kappa shape index (κ1) is 24.7. The largest absolute Gasteiger partial charge is 0.494 e. The third-order valence-corrected chi connectivity index (χ3v) is 5.92. The first-order chi connectivity index (χ1) is 15.7. The second-order valence-electron chi connectivity index (χ2n) is 9.12. The van der Waals surface area contributed by atoms with Crippen LogP contribution in [0.25, 0.3) is 11.3 Å². The van der Waals surface area contributed by atoms with E-state index in [1.807, 2.05) is 4.90 Å². The first-order valence-electron chi connectivity index (χ1n) is 10.9. The summed E-state index contributed by atoms with van der Waals surface area (Å²) in [6, 6.07) is 6.27. The number of benzene rings is 1. The van der Waals surface area contributed by atoms with Crippen molar-refractivity contribution in [3.05, 3.63) is 41.8 Å². The molecule has 0 aliphatic carbocycles. The molecule has 0 unspecified atom stereocenters. The molecule has 2 atom stereocenters. The Hall–Kier alpha value is -2.94. The zero-order valence-corrected chi connectivity index (χ0v) is 19.2. The van der Waals surface area contributed by atoms with E-state index in [2.05, 4.69) is 4.98 Å². The Morgan fingerprint density at radius 2 is 2.03 bits per heavy atom. The van der Waals surface area contributed by atoms with Crippen LogP contribution in [0.2, 0.25) is 0 Å². The molecular formula is C24H31F2N3O4. The van der Waals surface area contributed by atoms with Gasteiger partial charge in [0.15, 0.2) is 11.6 Å². The monoisotopic (exact) mass is 463 g/mol. The van der Waals surface area contributed by atoms with Crippen molar-refractivity contribution in [2.75, 3.05) is 31.8 Å². The van der Waals surface area contributed by atoms with Crippen LogP contribution in [0.3, 0.4) is 0 Å². The third kappa shape index (κ3) is 6.10. The fraction of sp³-hybridized carbons (Fsp3) is 0.500. The lowest BCUT2D eigenvalue weighted by molar-refractivity contribution is 0.0217. The molecule has 1 saturated heterocycles. The first-order valence-corrected chi connectivity index (χ1v) is 10.9. The minimum absolute atomic E-state index is 0.0516. The Kier molecular flexibility index (Phi) is 7.73. The van der Waals surface area contributed by atoms with Crippen LogP contribution in [0.5, 0.6) is 5.75 Å². The second-order valence-corrected chi connectivity index (χ2v) is 9.12. The number of amides is 1. The number of hydrogen-bond donors (Lipinski definition) is 2. The Balaban J connectivity index is 1.86. The van der Waals surface area contributed by atoms with Crippen LogP contribution in [-0.4, -0.2) is 48.7 Å². The normalized spacial score (nSPS) is 18.8. The van der Waals surface area contributed by atoms with Crippen LogP contribution in [0, 0.1) is 17.7 Å². The Morgan fingerprint density at radius 1 is 1.30 bits per heavy atom. The molecule has 7 nitrogen and oxygen atoms in total. The lowest BCUT2D eigenvalue weighted by Crippen LogP contribution is -2.45. The second kappa shape index (κ2) is 10.3. The molecule has 9 heteroatoms. The maximum atomic E-state index is 14.1. The zero-order chi connectivity index (χ0) is 24.2. The smallest absolute Gasteiger partial charge is 0.405 e. The summed E-state index contributed by atoms with van der Waals surface area (Å²) >= 11 is 0. The summed E-state index contributed by atoms with van der Waals surface area (Å²) < 4.78 is 38.0. The van der Waals surface area contributed by atoms with Gasteiger partial charge in [0.05, 0.1) is 38.0 Å². The summed E-state index contributed by atoms with van der Waals surface area (Å²) in [5.74, 6) is -0.514. The molecule has 1 fully saturated rings. The van der Waals surface area contributed by atoms with E-state index in [1.165, 1.54) is 19.2 Å². The molecule has 2 heterocycles. The predicted octanol–water partition coefficient (Wildman–Crippen LogP) is 4.06. The maximum Gasteiger partial charge on any atom is 0.405 e. The van der Waals surface area contributed by atoms with Crippen molar-refractivity contribution in [2.45, 2.75) is 38.9 Å². The van der Waals surface area contributed by atoms with Crippen LogP contribution in [0.15, 0.2) is 30.5 Å². The lowest BCUT2D eigenvalue weighted by atomic mass is 9.82. The van der Waals surface area contributed by atoms with Crippen LogP contribution in [0.1, 0.15) is 32.3 Å². The minimum Gasteiger partial charge on any atom is -0.494 e. The van der Waals surface area contributed by atoms with Crippen molar-refractivity contribution in [3.8, 4) is 17.0 Å². The third-order valence-electron chi connectivity index (χ3n) is 5.92. The van der Waals surface area contributed by atoms with Crippen molar-refractivity contribution >= 4 is 11.8 Å². The van der Waals surface area contributed by atoms with E-state index in [4.69, 9.17) is 15.2 Å². The number of nitrogens with zero attached hydrogens (tertiary/aromatic N) is 2. The molecule has 1 aromatic heterocycles. The van der Waals surface area contributed by atoms with Gasteiger partial charge in [0, 0.05) is 30.1 Å². The number of primary amides is 1. The van der Waals surface area contributed by atoms with Crippen molar-refractivity contribution in [3.63, 3.8) is 0 Å². The van der Waals surface area contributed by atoms with E-state index in [-0.39, 0.29) is 24.2 Å². The standard InChI is InChI=1S/C24H31F2N3O4/c1-24(2,33-23(27)31)9-15-6-16(10-25)13-29(12-15)21-11-28-20(8-18(21)14-30)17-4-5-22(32-3)19(26)7-17/h4-5,7-8,11,15-16,30H,6,9-10,12-14H2,1-3H3,(H2,27,31)/t15-,16+/m1/s1. The molecule has 3 rings (SSSR count). The quantitative estimate of drug-likeness (QED) is 0.613. The van der Waals surface area contributed by atoms with Gasteiger partial charge >= 0.3 is 6.09 Å². The summed E-state index contributed by atoms with van der Waals surface area (Å²) in [5.41, 5.74) is 6.78. The molecule has 0 spiro atoms. The van der Waals surface area contributed by atoms with Gasteiger partial charge in [-0.3, -0.25) is 9.37 Å². The summed E-state index contributed by atoms with van der Waals surface area (Å²) in [4.78, 5) is 17.7. The fourth-order valence-electron chi connectivity index (χ4n) is 4.67. The molecule has 0 saturated carbocycles. The van der Waals surface area contributed by atoms with E-state index in [1.54, 1.807) is 32.2 Å². The van der Waals surface area contributed by atoms with Crippen molar-refractivity contribution in [1.29, 1.82) is 0 Å². The minimum atomic E-state index is -0.841. The van der Waals surface area contributed by atoms with Gasteiger partial charge < -0.3 is 25.2 Å². The van der Waals surface area contributed by atoms with Crippen LogP contribution < -0.4 is 15.4 Å². The summed E-state index contributed by atoms with van der Waals surface area (Å²) in [5, 5.41) is 10.0. The van der Waals surface area contributed by atoms with Gasteiger partial charge in [-0.2, -0.15) is 0 Å². The highest BCUT2D eigenvalue weighted by Crippen LogP contribution is 2.35. The molecule has 1 amide bonds. The van der Waals surface area contributed by atoms with Crippen molar-refractivity contribution in [1.82, 2.24) is 4.98 Å². The molecule has 0 radical (unpaired) electrons. The fourth-order valence-corrected chi connectivity index (χ4v) is 4.67. The summed E-state index contributed by atoms with van der Waals surface area (Å²) in [6.45, 7) is 3.91. The number of carbonyl (C=O) groups is 1. The highest BCUT2D eigenvalue weighted by molar-refractivity contribution is 5.66. The topological polar surface area (TPSA) is 97.9 Å². The van der Waals surface area contributed by atoms with Crippen molar-refractivity contribution in [2.24, 2.45) is 17.6 Å². The number of aliphatic hydroxyl groups is 1. The number of ether oxygens (including phenoxy) is 2. The number of methoxy groups -OCH3 is 1. The van der Waals surface area contributed by atoms with Crippen molar-refractivity contribution < 1.29 is 28.2 Å². The lowest BCUT2D eigenvalue weighted by Gasteiger charge is -2.41. The number of piperidine rings is 1. The maximum absolute atomic E-state index is 14.1. The molecule has 180 valence electrons. The average molecular weight is 464 g/mol. The Bertz CT molecular complexity index is 986. The predicted molar refractivity (Wildman–Crippen MR) is 121 cm³/mol. The van der Waals surface area contributed by atoms with Gasteiger partial charge in [-0.15, -0.1) is 0 Å². The van der Waals surface area contributed by atoms with Gasteiger partial charge in [0.1, 0.15) is 5.60 Å². The van der Waals surface area contributed by atoms with Gasteiger partial charge in [0.2, 0.25) is 0 Å². The number of alkyl halides is 1. The van der Waals surface area contributed by atoms with Gasteiger partial charge in [-0.1, -0.05) is 0 Å².